The first-order valence-corrected chi connectivity index (χ1v) is 7.97. The molecule has 2 aromatic heterocycles. The number of morpholine rings is 1. The molecule has 4 rings (SSSR count). The van der Waals surface area contributed by atoms with E-state index in [2.05, 4.69) is 33.8 Å². The van der Waals surface area contributed by atoms with Gasteiger partial charge in [0.05, 0.1) is 29.5 Å². The van der Waals surface area contributed by atoms with Crippen molar-refractivity contribution < 1.29 is 9.13 Å². The van der Waals surface area contributed by atoms with E-state index in [4.69, 9.17) is 4.74 Å². The topological polar surface area (TPSA) is 56.1 Å². The average molecular weight is 327 g/mol. The second-order valence-electron chi connectivity index (χ2n) is 6.13. The number of anilines is 1. The molecule has 0 saturated carbocycles. The van der Waals surface area contributed by atoms with Crippen LogP contribution in [0.2, 0.25) is 0 Å². The molecule has 1 aliphatic rings. The number of hydrogen-bond donors (Lipinski definition) is 0. The molecule has 1 saturated heterocycles. The number of ether oxygens (including phenoxy) is 1. The quantitative estimate of drug-likeness (QED) is 0.724. The Bertz CT molecular complexity index is 853. The molecule has 1 fully saturated rings. The molecular weight excluding hydrogens is 309 g/mol. The first-order chi connectivity index (χ1) is 11.6. The number of hydrogen-bond acceptors (Lipinski definition) is 5. The fourth-order valence-electron chi connectivity index (χ4n) is 3.21. The molecule has 1 aromatic carbocycles. The van der Waals surface area contributed by atoms with Gasteiger partial charge in [-0.25, -0.2) is 19.0 Å². The maximum Gasteiger partial charge on any atom is 0.168 e. The first kappa shape index (κ1) is 15.0. The zero-order valence-electron chi connectivity index (χ0n) is 13.6. The third kappa shape index (κ3) is 2.60. The fraction of sp³-hybridized carbons (Fsp3) is 0.353. The Morgan fingerprint density at radius 3 is 2.50 bits per heavy atom. The Morgan fingerprint density at radius 2 is 1.79 bits per heavy atom. The van der Waals surface area contributed by atoms with Crippen molar-refractivity contribution in [3.05, 3.63) is 42.6 Å². The van der Waals surface area contributed by atoms with Crippen molar-refractivity contribution >= 4 is 16.9 Å². The second kappa shape index (κ2) is 5.83. The summed E-state index contributed by atoms with van der Waals surface area (Å²) < 4.78 is 20.6. The van der Waals surface area contributed by atoms with Crippen LogP contribution in [0.25, 0.3) is 16.7 Å². The Morgan fingerprint density at radius 1 is 1.08 bits per heavy atom. The molecule has 0 N–H and O–H groups in total. The summed E-state index contributed by atoms with van der Waals surface area (Å²) in [6.07, 6.45) is 3.60. The lowest BCUT2D eigenvalue weighted by Crippen LogP contribution is -2.45. The highest BCUT2D eigenvalue weighted by Gasteiger charge is 2.25. The van der Waals surface area contributed by atoms with Crippen molar-refractivity contribution in [2.24, 2.45) is 0 Å². The largest absolute Gasteiger partial charge is 0.372 e. The molecule has 2 atom stereocenters. The molecule has 0 radical (unpaired) electrons. The summed E-state index contributed by atoms with van der Waals surface area (Å²) in [6, 6.07) is 6.19. The molecule has 0 amide bonds. The summed E-state index contributed by atoms with van der Waals surface area (Å²) in [6.45, 7) is 5.67. The molecule has 24 heavy (non-hydrogen) atoms. The van der Waals surface area contributed by atoms with E-state index < -0.39 is 0 Å². The van der Waals surface area contributed by atoms with Crippen LogP contribution in [0.15, 0.2) is 36.8 Å². The minimum atomic E-state index is -0.276. The molecule has 124 valence electrons. The predicted molar refractivity (Wildman–Crippen MR) is 88.8 cm³/mol. The van der Waals surface area contributed by atoms with Crippen LogP contribution in [0.1, 0.15) is 13.8 Å². The van der Waals surface area contributed by atoms with E-state index in [0.717, 1.165) is 30.0 Å². The molecular formula is C17H18FN5O. The highest BCUT2D eigenvalue weighted by Crippen LogP contribution is 2.27. The van der Waals surface area contributed by atoms with Crippen LogP contribution in [0.4, 0.5) is 10.2 Å². The Labute approximate surface area is 138 Å². The molecule has 3 heterocycles. The van der Waals surface area contributed by atoms with E-state index in [1.54, 1.807) is 29.3 Å². The van der Waals surface area contributed by atoms with Gasteiger partial charge in [-0.1, -0.05) is 0 Å². The highest BCUT2D eigenvalue weighted by atomic mass is 19.1. The van der Waals surface area contributed by atoms with E-state index >= 15 is 0 Å². The van der Waals surface area contributed by atoms with Crippen molar-refractivity contribution in [1.29, 1.82) is 0 Å². The smallest absolute Gasteiger partial charge is 0.168 e. The monoisotopic (exact) mass is 327 g/mol. The van der Waals surface area contributed by atoms with Gasteiger partial charge in [-0.15, -0.1) is 0 Å². The molecule has 3 aromatic rings. The molecule has 0 bridgehead atoms. The van der Waals surface area contributed by atoms with E-state index in [9.17, 15) is 4.39 Å². The molecule has 7 heteroatoms. The van der Waals surface area contributed by atoms with Crippen molar-refractivity contribution in [3.8, 4) is 5.69 Å². The van der Waals surface area contributed by atoms with Crippen LogP contribution >= 0.6 is 0 Å². The SMILES string of the molecule is C[C@@H]1CN(c2ncnc3c2cnn3-c2ccc(F)cc2)C[C@@H](C)O1. The van der Waals surface area contributed by atoms with Crippen molar-refractivity contribution in [1.82, 2.24) is 19.7 Å². The molecule has 0 unspecified atom stereocenters. The number of benzene rings is 1. The Kier molecular flexibility index (Phi) is 3.65. The standard InChI is InChI=1S/C17H18FN5O/c1-11-8-22(9-12(2)24-11)16-15-7-21-23(17(15)20-10-19-16)14-5-3-13(18)4-6-14/h3-7,10-12H,8-9H2,1-2H3/t11-,12-/m1/s1. The van der Waals surface area contributed by atoms with Gasteiger partial charge in [-0.3, -0.25) is 0 Å². The van der Waals surface area contributed by atoms with Crippen LogP contribution in [0.3, 0.4) is 0 Å². The third-order valence-electron chi connectivity index (χ3n) is 4.14. The maximum absolute atomic E-state index is 13.1. The normalized spacial score (nSPS) is 21.4. The maximum atomic E-state index is 13.1. The number of rotatable bonds is 2. The average Bonchev–Trinajstić information content (AvgIpc) is 2.98. The summed E-state index contributed by atoms with van der Waals surface area (Å²) in [4.78, 5) is 11.0. The Balaban J connectivity index is 1.78. The van der Waals surface area contributed by atoms with Gasteiger partial charge in [0, 0.05) is 13.1 Å². The summed E-state index contributed by atoms with van der Waals surface area (Å²) in [5, 5.41) is 5.30. The van der Waals surface area contributed by atoms with Crippen LogP contribution in [-0.2, 0) is 4.74 Å². The third-order valence-corrected chi connectivity index (χ3v) is 4.14. The lowest BCUT2D eigenvalue weighted by molar-refractivity contribution is -0.00537. The number of fused-ring (bicyclic) bond motifs is 1. The van der Waals surface area contributed by atoms with Gasteiger partial charge < -0.3 is 9.64 Å². The van der Waals surface area contributed by atoms with Gasteiger partial charge in [0.1, 0.15) is 18.0 Å². The van der Waals surface area contributed by atoms with Crippen molar-refractivity contribution in [2.45, 2.75) is 26.1 Å². The first-order valence-electron chi connectivity index (χ1n) is 7.97. The number of nitrogens with zero attached hydrogens (tertiary/aromatic N) is 5. The minimum Gasteiger partial charge on any atom is -0.372 e. The van der Waals surface area contributed by atoms with Gasteiger partial charge in [-0.2, -0.15) is 5.10 Å². The molecule has 0 aliphatic carbocycles. The molecule has 1 aliphatic heterocycles. The van der Waals surface area contributed by atoms with Crippen LogP contribution < -0.4 is 4.90 Å². The van der Waals surface area contributed by atoms with Gasteiger partial charge in [-0.05, 0) is 38.1 Å². The summed E-state index contributed by atoms with van der Waals surface area (Å²) in [5.41, 5.74) is 1.47. The van der Waals surface area contributed by atoms with Crippen LogP contribution in [-0.4, -0.2) is 45.0 Å². The van der Waals surface area contributed by atoms with Gasteiger partial charge in [0.15, 0.2) is 5.65 Å². The second-order valence-corrected chi connectivity index (χ2v) is 6.13. The lowest BCUT2D eigenvalue weighted by atomic mass is 10.2. The van der Waals surface area contributed by atoms with Crippen LogP contribution in [0, 0.1) is 5.82 Å². The summed E-state index contributed by atoms with van der Waals surface area (Å²) in [5.74, 6) is 0.581. The highest BCUT2D eigenvalue weighted by molar-refractivity contribution is 5.87. The molecule has 6 nitrogen and oxygen atoms in total. The van der Waals surface area contributed by atoms with Gasteiger partial charge >= 0.3 is 0 Å². The zero-order valence-corrected chi connectivity index (χ0v) is 13.6. The number of aromatic nitrogens is 4. The Hall–Kier alpha value is -2.54. The van der Waals surface area contributed by atoms with E-state index in [-0.39, 0.29) is 18.0 Å². The minimum absolute atomic E-state index is 0.144. The van der Waals surface area contributed by atoms with Crippen LogP contribution in [0.5, 0.6) is 0 Å². The van der Waals surface area contributed by atoms with Gasteiger partial charge in [0.25, 0.3) is 0 Å². The number of halogens is 1. The molecule has 0 spiro atoms. The lowest BCUT2D eigenvalue weighted by Gasteiger charge is -2.36. The summed E-state index contributed by atoms with van der Waals surface area (Å²) in [7, 11) is 0. The van der Waals surface area contributed by atoms with E-state index in [0.29, 0.717) is 5.65 Å². The van der Waals surface area contributed by atoms with Crippen molar-refractivity contribution in [2.75, 3.05) is 18.0 Å². The predicted octanol–water partition coefficient (Wildman–Crippen LogP) is 2.57. The van der Waals surface area contributed by atoms with Gasteiger partial charge in [0.2, 0.25) is 0 Å². The van der Waals surface area contributed by atoms with Crippen molar-refractivity contribution in [3.63, 3.8) is 0 Å². The fourth-order valence-corrected chi connectivity index (χ4v) is 3.21. The zero-order chi connectivity index (χ0) is 16.7. The van der Waals surface area contributed by atoms with E-state index in [1.165, 1.54) is 12.1 Å². The summed E-state index contributed by atoms with van der Waals surface area (Å²) >= 11 is 0. The van der Waals surface area contributed by atoms with E-state index in [1.807, 2.05) is 0 Å².